The van der Waals surface area contributed by atoms with Crippen LogP contribution in [0, 0.1) is 0 Å². The van der Waals surface area contributed by atoms with Crippen LogP contribution in [-0.4, -0.2) is 78.0 Å². The lowest BCUT2D eigenvalue weighted by Crippen LogP contribution is -2.45. The van der Waals surface area contributed by atoms with Gasteiger partial charge in [0.25, 0.3) is 5.91 Å². The van der Waals surface area contributed by atoms with Gasteiger partial charge in [-0.25, -0.2) is 8.42 Å². The van der Waals surface area contributed by atoms with Gasteiger partial charge in [0.05, 0.1) is 11.5 Å². The van der Waals surface area contributed by atoms with Gasteiger partial charge in [-0.2, -0.15) is 0 Å². The van der Waals surface area contributed by atoms with Crippen molar-refractivity contribution in [2.45, 2.75) is 26.3 Å². The average molecular weight is 407 g/mol. The summed E-state index contributed by atoms with van der Waals surface area (Å²) in [4.78, 5) is 21.0. The number of carbonyl (C=O) groups excluding carboxylic acids is 1. The maximum atomic E-state index is 13.2. The van der Waals surface area contributed by atoms with E-state index in [1.54, 1.807) is 35.5 Å². The Balaban J connectivity index is 1.81. The van der Waals surface area contributed by atoms with Gasteiger partial charge >= 0.3 is 0 Å². The van der Waals surface area contributed by atoms with Crippen molar-refractivity contribution < 1.29 is 17.7 Å². The fraction of sp³-hybridized carbons (Fsp3) is 0.526. The van der Waals surface area contributed by atoms with E-state index in [1.807, 2.05) is 0 Å². The number of likely N-dealkylation sites (N-methyl/N-ethyl adjacent to an activating group) is 1. The Morgan fingerprint density at radius 1 is 1.21 bits per heavy atom. The van der Waals surface area contributed by atoms with Gasteiger partial charge in [-0.15, -0.1) is 0 Å². The zero-order valence-electron chi connectivity index (χ0n) is 16.2. The van der Waals surface area contributed by atoms with E-state index < -0.39 is 9.84 Å². The molecule has 152 valence electrons. The third kappa shape index (κ3) is 4.77. The molecule has 1 unspecified atom stereocenters. The third-order valence-electron chi connectivity index (χ3n) is 5.16. The monoisotopic (exact) mass is 406 g/mol. The maximum absolute atomic E-state index is 13.2. The lowest BCUT2D eigenvalue weighted by molar-refractivity contribution is 0.0664. The van der Waals surface area contributed by atoms with Crippen LogP contribution in [0.1, 0.15) is 30.8 Å². The Morgan fingerprint density at radius 3 is 2.54 bits per heavy atom. The van der Waals surface area contributed by atoms with Gasteiger partial charge in [0.2, 0.25) is 0 Å². The van der Waals surface area contributed by atoms with Crippen LogP contribution in [0.4, 0.5) is 0 Å². The molecule has 0 radical (unpaired) electrons. The number of hydrogen-bond acceptors (Lipinski definition) is 7. The topological polar surface area (TPSA) is 96.6 Å². The molecule has 2 aromatic rings. The molecule has 3 rings (SSSR count). The molecule has 1 saturated heterocycles. The van der Waals surface area contributed by atoms with Crippen LogP contribution in [0.25, 0.3) is 11.3 Å². The normalized spacial score (nSPS) is 18.5. The second kappa shape index (κ2) is 8.83. The molecule has 1 atom stereocenters. The highest BCUT2D eigenvalue weighted by Crippen LogP contribution is 2.23. The van der Waals surface area contributed by atoms with Crippen LogP contribution in [0.5, 0.6) is 0 Å². The van der Waals surface area contributed by atoms with Crippen LogP contribution >= 0.6 is 0 Å². The van der Waals surface area contributed by atoms with Crippen molar-refractivity contribution in [2.24, 2.45) is 0 Å². The largest absolute Gasteiger partial charge is 0.355 e. The molecule has 9 heteroatoms. The lowest BCUT2D eigenvalue weighted by atomic mass is 10.1. The minimum atomic E-state index is -3.10. The minimum absolute atomic E-state index is 0.00601. The molecule has 2 aromatic heterocycles. The van der Waals surface area contributed by atoms with Crippen LogP contribution < -0.4 is 0 Å². The van der Waals surface area contributed by atoms with E-state index in [0.717, 1.165) is 18.7 Å². The quantitative estimate of drug-likeness (QED) is 0.658. The van der Waals surface area contributed by atoms with Crippen molar-refractivity contribution in [3.05, 3.63) is 36.3 Å². The number of carbonyl (C=O) groups is 1. The van der Waals surface area contributed by atoms with Crippen LogP contribution in [-0.2, 0) is 9.84 Å². The number of rotatable bonds is 8. The third-order valence-corrected chi connectivity index (χ3v) is 6.91. The van der Waals surface area contributed by atoms with Gasteiger partial charge < -0.3 is 14.3 Å². The minimum Gasteiger partial charge on any atom is -0.355 e. The summed E-state index contributed by atoms with van der Waals surface area (Å²) in [6, 6.07) is 4.83. The Bertz CT molecular complexity index is 894. The highest BCUT2D eigenvalue weighted by molar-refractivity contribution is 7.91. The molecular formula is C19H26N4O4S. The fourth-order valence-corrected chi connectivity index (χ4v) is 5.17. The van der Waals surface area contributed by atoms with Gasteiger partial charge in [-0.1, -0.05) is 19.0 Å². The number of hydrogen-bond donors (Lipinski definition) is 0. The van der Waals surface area contributed by atoms with Crippen molar-refractivity contribution in [1.82, 2.24) is 19.9 Å². The first-order valence-electron chi connectivity index (χ1n) is 9.54. The van der Waals surface area contributed by atoms with Gasteiger partial charge in [0.1, 0.15) is 0 Å². The highest BCUT2D eigenvalue weighted by atomic mass is 32.2. The van der Waals surface area contributed by atoms with E-state index in [0.29, 0.717) is 25.3 Å². The molecule has 1 aliphatic rings. The summed E-state index contributed by atoms with van der Waals surface area (Å²) in [5.74, 6) is 0.312. The molecular weight excluding hydrogens is 380 g/mol. The molecule has 1 amide bonds. The summed E-state index contributed by atoms with van der Waals surface area (Å²) >= 11 is 0. The van der Waals surface area contributed by atoms with E-state index in [1.165, 1.54) is 0 Å². The van der Waals surface area contributed by atoms with Gasteiger partial charge in [0.15, 0.2) is 21.3 Å². The molecule has 1 aliphatic heterocycles. The molecule has 3 heterocycles. The molecule has 0 aromatic carbocycles. The molecule has 8 nitrogen and oxygen atoms in total. The number of amides is 1. The number of aromatic nitrogens is 2. The average Bonchev–Trinajstić information content (AvgIpc) is 3.32. The zero-order chi connectivity index (χ0) is 20.1. The van der Waals surface area contributed by atoms with Crippen LogP contribution in [0.3, 0.4) is 0 Å². The Kier molecular flexibility index (Phi) is 6.46. The van der Waals surface area contributed by atoms with E-state index in [9.17, 15) is 13.2 Å². The Labute approximate surface area is 165 Å². The summed E-state index contributed by atoms with van der Waals surface area (Å²) < 4.78 is 29.3. The zero-order valence-corrected chi connectivity index (χ0v) is 17.1. The predicted octanol–water partition coefficient (Wildman–Crippen LogP) is 1.71. The summed E-state index contributed by atoms with van der Waals surface area (Å²) in [6.07, 6.45) is 3.74. The summed E-state index contributed by atoms with van der Waals surface area (Å²) in [7, 11) is -3.10. The standard InChI is InChI=1S/C19H26N4O4S/c1-3-22(4-2)10-11-23(16-7-12-28(25,26)14-16)19(24)17-13-18(27-21-17)15-5-8-20-9-6-15/h5-6,8-9,13,16H,3-4,7,10-12,14H2,1-2H3. The highest BCUT2D eigenvalue weighted by Gasteiger charge is 2.36. The predicted molar refractivity (Wildman–Crippen MR) is 106 cm³/mol. The Hall–Kier alpha value is -2.26. The van der Waals surface area contributed by atoms with Crippen molar-refractivity contribution in [3.63, 3.8) is 0 Å². The lowest BCUT2D eigenvalue weighted by Gasteiger charge is -2.30. The molecule has 0 bridgehead atoms. The van der Waals surface area contributed by atoms with Gasteiger partial charge in [0, 0.05) is 43.2 Å². The van der Waals surface area contributed by atoms with Crippen LogP contribution in [0.2, 0.25) is 0 Å². The van der Waals surface area contributed by atoms with E-state index >= 15 is 0 Å². The van der Waals surface area contributed by atoms with Gasteiger partial charge in [-0.05, 0) is 31.6 Å². The van der Waals surface area contributed by atoms with E-state index in [2.05, 4.69) is 28.9 Å². The molecule has 0 spiro atoms. The van der Waals surface area contributed by atoms with Crippen molar-refractivity contribution in [2.75, 3.05) is 37.7 Å². The van der Waals surface area contributed by atoms with Crippen molar-refractivity contribution in [1.29, 1.82) is 0 Å². The summed E-state index contributed by atoms with van der Waals surface area (Å²) in [6.45, 7) is 7.01. The van der Waals surface area contributed by atoms with E-state index in [4.69, 9.17) is 4.52 Å². The van der Waals surface area contributed by atoms with E-state index in [-0.39, 0.29) is 29.1 Å². The number of pyridine rings is 1. The second-order valence-corrected chi connectivity index (χ2v) is 9.12. The first kappa shape index (κ1) is 20.5. The SMILES string of the molecule is CCN(CC)CCN(C(=O)c1cc(-c2ccncc2)on1)C1CCS(=O)(=O)C1. The molecule has 0 aliphatic carbocycles. The summed E-state index contributed by atoms with van der Waals surface area (Å²) in [5, 5.41) is 3.94. The molecule has 0 saturated carbocycles. The molecule has 1 fully saturated rings. The first-order valence-corrected chi connectivity index (χ1v) is 11.4. The van der Waals surface area contributed by atoms with Crippen molar-refractivity contribution >= 4 is 15.7 Å². The smallest absolute Gasteiger partial charge is 0.276 e. The maximum Gasteiger partial charge on any atom is 0.276 e. The molecule has 0 N–H and O–H groups in total. The van der Waals surface area contributed by atoms with Gasteiger partial charge in [-0.3, -0.25) is 9.78 Å². The van der Waals surface area contributed by atoms with Crippen LogP contribution in [0.15, 0.2) is 35.1 Å². The second-order valence-electron chi connectivity index (χ2n) is 6.89. The fourth-order valence-electron chi connectivity index (χ4n) is 3.44. The Morgan fingerprint density at radius 2 is 1.93 bits per heavy atom. The first-order chi connectivity index (χ1) is 13.4. The molecule has 28 heavy (non-hydrogen) atoms. The van der Waals surface area contributed by atoms with Crippen molar-refractivity contribution in [3.8, 4) is 11.3 Å². The number of sulfone groups is 1. The number of nitrogens with zero attached hydrogens (tertiary/aromatic N) is 4. The summed E-state index contributed by atoms with van der Waals surface area (Å²) in [5.41, 5.74) is 0.968.